The van der Waals surface area contributed by atoms with Crippen LogP contribution in [0.15, 0.2) is 30.6 Å². The summed E-state index contributed by atoms with van der Waals surface area (Å²) in [5.74, 6) is 0. The maximum atomic E-state index is 5.16. The highest BCUT2D eigenvalue weighted by atomic mass is 32.1. The van der Waals surface area contributed by atoms with E-state index in [2.05, 4.69) is 15.3 Å². The van der Waals surface area contributed by atoms with Crippen molar-refractivity contribution in [2.75, 3.05) is 19.4 Å². The molecule has 0 amide bonds. The van der Waals surface area contributed by atoms with Gasteiger partial charge >= 0.3 is 0 Å². The van der Waals surface area contributed by atoms with Gasteiger partial charge in [0, 0.05) is 32.2 Å². The van der Waals surface area contributed by atoms with E-state index in [4.69, 9.17) is 12.2 Å². The van der Waals surface area contributed by atoms with Crippen molar-refractivity contribution in [2.45, 2.75) is 0 Å². The summed E-state index contributed by atoms with van der Waals surface area (Å²) in [5.41, 5.74) is 2.66. The fraction of sp³-hybridized carbons (Fsp3) is 0.182. The molecule has 82 valence electrons. The van der Waals surface area contributed by atoms with E-state index in [-0.39, 0.29) is 0 Å². The first-order chi connectivity index (χ1) is 7.66. The summed E-state index contributed by atoms with van der Waals surface area (Å²) in [5, 5.41) is 3.79. The second kappa shape index (κ2) is 4.40. The normalized spacial score (nSPS) is 10.1. The molecule has 1 aromatic carbocycles. The minimum Gasteiger partial charge on any atom is -0.355 e. The Morgan fingerprint density at radius 1 is 1.19 bits per heavy atom. The summed E-state index contributed by atoms with van der Waals surface area (Å²) in [6.45, 7) is 0. The number of hydrogen-bond donors (Lipinski definition) is 1. The van der Waals surface area contributed by atoms with Gasteiger partial charge in [-0.25, -0.2) is 0 Å². The first kappa shape index (κ1) is 10.8. The molecule has 2 rings (SSSR count). The van der Waals surface area contributed by atoms with Gasteiger partial charge in [-0.2, -0.15) is 0 Å². The average Bonchev–Trinajstić information content (AvgIpc) is 2.28. The Balaban J connectivity index is 2.29. The third-order valence-electron chi connectivity index (χ3n) is 2.13. The molecule has 0 atom stereocenters. The van der Waals surface area contributed by atoms with Crippen molar-refractivity contribution < 1.29 is 0 Å². The van der Waals surface area contributed by atoms with Gasteiger partial charge in [0.25, 0.3) is 0 Å². The molecule has 0 saturated carbocycles. The standard InChI is InChI=1S/C11H12N4S/c1-15(2)11(16)14-8-3-4-9-10(7-8)13-6-5-12-9/h3-7H,1-2H3,(H,14,16). The monoisotopic (exact) mass is 232 g/mol. The van der Waals surface area contributed by atoms with Gasteiger partial charge in [0.2, 0.25) is 0 Å². The van der Waals surface area contributed by atoms with Crippen LogP contribution < -0.4 is 5.32 Å². The van der Waals surface area contributed by atoms with Crippen LogP contribution in [0, 0.1) is 0 Å². The molecule has 0 fully saturated rings. The molecule has 4 nitrogen and oxygen atoms in total. The average molecular weight is 232 g/mol. The predicted molar refractivity (Wildman–Crippen MR) is 69.4 cm³/mol. The first-order valence-electron chi connectivity index (χ1n) is 4.86. The minimum atomic E-state index is 0.670. The van der Waals surface area contributed by atoms with Crippen LogP contribution in [0.3, 0.4) is 0 Å². The van der Waals surface area contributed by atoms with Crippen LogP contribution in [0.2, 0.25) is 0 Å². The molecule has 1 heterocycles. The van der Waals surface area contributed by atoms with Crippen LogP contribution in [0.25, 0.3) is 11.0 Å². The molecule has 2 aromatic rings. The molecule has 0 aliphatic heterocycles. The third kappa shape index (κ3) is 2.25. The topological polar surface area (TPSA) is 41.0 Å². The Morgan fingerprint density at radius 2 is 1.88 bits per heavy atom. The molecule has 5 heteroatoms. The second-order valence-corrected chi connectivity index (χ2v) is 3.97. The number of thiocarbonyl (C=S) groups is 1. The molecule has 0 unspecified atom stereocenters. The number of hydrogen-bond acceptors (Lipinski definition) is 3. The van der Waals surface area contributed by atoms with Crippen LogP contribution in [0.5, 0.6) is 0 Å². The van der Waals surface area contributed by atoms with Crippen molar-refractivity contribution >= 4 is 34.1 Å². The van der Waals surface area contributed by atoms with Gasteiger partial charge in [0.05, 0.1) is 11.0 Å². The van der Waals surface area contributed by atoms with E-state index in [1.165, 1.54) is 0 Å². The molecule has 0 bridgehead atoms. The Morgan fingerprint density at radius 3 is 2.56 bits per heavy atom. The van der Waals surface area contributed by atoms with Crippen molar-refractivity contribution in [3.8, 4) is 0 Å². The van der Waals surface area contributed by atoms with E-state index in [1.807, 2.05) is 37.2 Å². The van der Waals surface area contributed by atoms with Crippen molar-refractivity contribution in [3.63, 3.8) is 0 Å². The van der Waals surface area contributed by atoms with Gasteiger partial charge in [-0.1, -0.05) is 0 Å². The summed E-state index contributed by atoms with van der Waals surface area (Å²) in [6.07, 6.45) is 3.36. The lowest BCUT2D eigenvalue weighted by Crippen LogP contribution is -2.26. The van der Waals surface area contributed by atoms with E-state index < -0.39 is 0 Å². The van der Waals surface area contributed by atoms with Gasteiger partial charge in [-0.3, -0.25) is 9.97 Å². The van der Waals surface area contributed by atoms with E-state index in [0.29, 0.717) is 5.11 Å². The molecule has 16 heavy (non-hydrogen) atoms. The third-order valence-corrected chi connectivity index (χ3v) is 2.59. The zero-order valence-electron chi connectivity index (χ0n) is 9.14. The lowest BCUT2D eigenvalue weighted by molar-refractivity contribution is 0.634. The highest BCUT2D eigenvalue weighted by Gasteiger charge is 2.01. The highest BCUT2D eigenvalue weighted by Crippen LogP contribution is 2.15. The largest absolute Gasteiger partial charge is 0.355 e. The number of nitrogens with one attached hydrogen (secondary N) is 1. The number of fused-ring (bicyclic) bond motifs is 1. The molecule has 0 radical (unpaired) electrons. The Labute approximate surface area is 99.3 Å². The molecule has 1 N–H and O–H groups in total. The van der Waals surface area contributed by atoms with E-state index >= 15 is 0 Å². The molecular formula is C11H12N4S. The van der Waals surface area contributed by atoms with Crippen molar-refractivity contribution in [2.24, 2.45) is 0 Å². The second-order valence-electron chi connectivity index (χ2n) is 3.58. The van der Waals surface area contributed by atoms with Crippen molar-refractivity contribution in [1.82, 2.24) is 14.9 Å². The lowest BCUT2D eigenvalue weighted by atomic mass is 10.2. The molecular weight excluding hydrogens is 220 g/mol. The van der Waals surface area contributed by atoms with Crippen molar-refractivity contribution in [3.05, 3.63) is 30.6 Å². The number of rotatable bonds is 1. The van der Waals surface area contributed by atoms with Crippen LogP contribution in [-0.4, -0.2) is 34.1 Å². The van der Waals surface area contributed by atoms with E-state index in [0.717, 1.165) is 16.7 Å². The first-order valence-corrected chi connectivity index (χ1v) is 5.27. The number of benzene rings is 1. The minimum absolute atomic E-state index is 0.670. The lowest BCUT2D eigenvalue weighted by Gasteiger charge is -2.15. The predicted octanol–water partition coefficient (Wildman–Crippen LogP) is 1.89. The van der Waals surface area contributed by atoms with Gasteiger partial charge in [-0.05, 0) is 30.4 Å². The summed E-state index contributed by atoms with van der Waals surface area (Å²) >= 11 is 5.16. The summed E-state index contributed by atoms with van der Waals surface area (Å²) in [7, 11) is 3.80. The Kier molecular flexibility index (Phi) is 2.96. The Hall–Kier alpha value is -1.75. The van der Waals surface area contributed by atoms with Crippen LogP contribution >= 0.6 is 12.2 Å². The van der Waals surface area contributed by atoms with Crippen LogP contribution in [-0.2, 0) is 0 Å². The molecule has 0 aliphatic rings. The zero-order chi connectivity index (χ0) is 11.5. The zero-order valence-corrected chi connectivity index (χ0v) is 9.95. The van der Waals surface area contributed by atoms with Gasteiger partial charge in [-0.15, -0.1) is 0 Å². The van der Waals surface area contributed by atoms with Gasteiger partial charge in [0.1, 0.15) is 0 Å². The number of aromatic nitrogens is 2. The van der Waals surface area contributed by atoms with Crippen LogP contribution in [0.4, 0.5) is 5.69 Å². The molecule has 0 aliphatic carbocycles. The SMILES string of the molecule is CN(C)C(=S)Nc1ccc2nccnc2c1. The van der Waals surface area contributed by atoms with Crippen molar-refractivity contribution in [1.29, 1.82) is 0 Å². The smallest absolute Gasteiger partial charge is 0.172 e. The fourth-order valence-corrected chi connectivity index (χ4v) is 1.39. The Bertz CT molecular complexity index is 524. The molecule has 0 saturated heterocycles. The highest BCUT2D eigenvalue weighted by molar-refractivity contribution is 7.80. The summed E-state index contributed by atoms with van der Waals surface area (Å²) in [4.78, 5) is 10.3. The van der Waals surface area contributed by atoms with E-state index in [9.17, 15) is 0 Å². The summed E-state index contributed by atoms with van der Waals surface area (Å²) in [6, 6.07) is 5.79. The van der Waals surface area contributed by atoms with Gasteiger partial charge < -0.3 is 10.2 Å². The summed E-state index contributed by atoms with van der Waals surface area (Å²) < 4.78 is 0. The van der Waals surface area contributed by atoms with E-state index in [1.54, 1.807) is 12.4 Å². The van der Waals surface area contributed by atoms with Crippen LogP contribution in [0.1, 0.15) is 0 Å². The number of nitrogens with zero attached hydrogens (tertiary/aromatic N) is 3. The maximum absolute atomic E-state index is 5.16. The van der Waals surface area contributed by atoms with Gasteiger partial charge in [0.15, 0.2) is 5.11 Å². The fourth-order valence-electron chi connectivity index (χ4n) is 1.28. The number of anilines is 1. The quantitative estimate of drug-likeness (QED) is 0.760. The maximum Gasteiger partial charge on any atom is 0.172 e. The molecule has 1 aromatic heterocycles. The molecule has 0 spiro atoms.